The molecule has 5 rings (SSSR count). The average Bonchev–Trinajstić information content (AvgIpc) is 3.37. The second-order valence-corrected chi connectivity index (χ2v) is 7.24. The second-order valence-electron chi connectivity index (χ2n) is 7.24. The van der Waals surface area contributed by atoms with E-state index in [-0.39, 0.29) is 11.8 Å². The summed E-state index contributed by atoms with van der Waals surface area (Å²) in [4.78, 5) is 18.7. The SMILES string of the molecule is COC(=O)c1ccc(C=CC2=c3ccc(=Cc4c(O)[nH]c5ncccc45)cc3N=N2)cc1. The predicted molar refractivity (Wildman–Crippen MR) is 122 cm³/mol. The zero-order valence-electron chi connectivity index (χ0n) is 17.1. The Labute approximate surface area is 182 Å². The summed E-state index contributed by atoms with van der Waals surface area (Å²) in [6.07, 6.45) is 7.38. The maximum absolute atomic E-state index is 11.5. The van der Waals surface area contributed by atoms with Gasteiger partial charge < -0.3 is 14.8 Å². The van der Waals surface area contributed by atoms with Crippen LogP contribution in [0, 0.1) is 0 Å². The number of benzene rings is 2. The topological polar surface area (TPSA) is 99.9 Å². The van der Waals surface area contributed by atoms with Crippen molar-refractivity contribution >= 4 is 40.5 Å². The van der Waals surface area contributed by atoms with Crippen LogP contribution in [0.4, 0.5) is 5.69 Å². The number of aromatic hydroxyl groups is 1. The second kappa shape index (κ2) is 7.96. The van der Waals surface area contributed by atoms with Gasteiger partial charge >= 0.3 is 5.97 Å². The number of ether oxygens (including phenoxy) is 1. The molecule has 0 amide bonds. The smallest absolute Gasteiger partial charge is 0.337 e. The molecule has 32 heavy (non-hydrogen) atoms. The molecule has 2 N–H and O–H groups in total. The summed E-state index contributed by atoms with van der Waals surface area (Å²) in [5.41, 5.74) is 4.27. The number of nitrogens with one attached hydrogen (secondary N) is 1. The van der Waals surface area contributed by atoms with Gasteiger partial charge in [-0.25, -0.2) is 9.78 Å². The van der Waals surface area contributed by atoms with E-state index in [1.54, 1.807) is 18.3 Å². The molecule has 0 atom stereocenters. The molecule has 0 bridgehead atoms. The third-order valence-electron chi connectivity index (χ3n) is 5.23. The van der Waals surface area contributed by atoms with Crippen LogP contribution in [0.3, 0.4) is 0 Å². The lowest BCUT2D eigenvalue weighted by atomic mass is 10.1. The summed E-state index contributed by atoms with van der Waals surface area (Å²) >= 11 is 0. The van der Waals surface area contributed by atoms with Gasteiger partial charge in [-0.2, -0.15) is 0 Å². The number of esters is 1. The van der Waals surface area contributed by atoms with E-state index in [2.05, 4.69) is 20.2 Å². The molecule has 2 aromatic carbocycles. The number of aromatic nitrogens is 2. The third-order valence-corrected chi connectivity index (χ3v) is 5.23. The monoisotopic (exact) mass is 422 g/mol. The van der Waals surface area contributed by atoms with Gasteiger partial charge in [0.15, 0.2) is 5.88 Å². The summed E-state index contributed by atoms with van der Waals surface area (Å²) in [6, 6.07) is 16.7. The third kappa shape index (κ3) is 3.56. The van der Waals surface area contributed by atoms with Crippen LogP contribution in [-0.2, 0) is 4.74 Å². The summed E-state index contributed by atoms with van der Waals surface area (Å²) in [6.45, 7) is 0. The molecule has 0 unspecified atom stereocenters. The number of hydrogen-bond donors (Lipinski definition) is 2. The van der Waals surface area contributed by atoms with E-state index in [0.717, 1.165) is 32.8 Å². The summed E-state index contributed by atoms with van der Waals surface area (Å²) in [5.74, 6) is -0.285. The highest BCUT2D eigenvalue weighted by Crippen LogP contribution is 2.26. The van der Waals surface area contributed by atoms with Gasteiger partial charge in [0.05, 0.1) is 24.1 Å². The van der Waals surface area contributed by atoms with Crippen molar-refractivity contribution < 1.29 is 14.6 Å². The minimum absolute atomic E-state index is 0.0780. The van der Waals surface area contributed by atoms with Crippen molar-refractivity contribution in [3.8, 4) is 5.88 Å². The number of aromatic amines is 1. The molecule has 2 aromatic heterocycles. The molecule has 0 saturated heterocycles. The van der Waals surface area contributed by atoms with Crippen LogP contribution < -0.4 is 10.4 Å². The molecule has 0 spiro atoms. The van der Waals surface area contributed by atoms with Gasteiger partial charge in [-0.1, -0.05) is 24.3 Å². The molecule has 0 saturated carbocycles. The number of azo groups is 1. The fourth-order valence-electron chi connectivity index (χ4n) is 3.59. The van der Waals surface area contributed by atoms with Crippen LogP contribution in [0.25, 0.3) is 28.9 Å². The number of pyridine rings is 1. The minimum atomic E-state index is -0.363. The van der Waals surface area contributed by atoms with Crippen molar-refractivity contribution in [3.05, 3.63) is 94.0 Å². The predicted octanol–water partition coefficient (Wildman–Crippen LogP) is 3.80. The van der Waals surface area contributed by atoms with Crippen LogP contribution in [0.15, 0.2) is 77.1 Å². The van der Waals surface area contributed by atoms with E-state index in [4.69, 9.17) is 4.74 Å². The molecule has 1 aliphatic rings. The van der Waals surface area contributed by atoms with E-state index in [9.17, 15) is 9.90 Å². The lowest BCUT2D eigenvalue weighted by Gasteiger charge is -1.99. The first kappa shape index (κ1) is 19.4. The highest BCUT2D eigenvalue weighted by molar-refractivity contribution is 5.90. The van der Waals surface area contributed by atoms with Crippen molar-refractivity contribution in [1.29, 1.82) is 0 Å². The Bertz CT molecular complexity index is 1530. The summed E-state index contributed by atoms with van der Waals surface area (Å²) in [7, 11) is 1.36. The van der Waals surface area contributed by atoms with Gasteiger partial charge in [0, 0.05) is 22.4 Å². The van der Waals surface area contributed by atoms with Crippen molar-refractivity contribution in [2.24, 2.45) is 10.2 Å². The Morgan fingerprint density at radius 3 is 2.72 bits per heavy atom. The number of methoxy groups -OCH3 is 1. The van der Waals surface area contributed by atoms with E-state index < -0.39 is 0 Å². The summed E-state index contributed by atoms with van der Waals surface area (Å²) in [5, 5.41) is 21.5. The normalized spacial score (nSPS) is 13.3. The Balaban J connectivity index is 1.46. The maximum atomic E-state index is 11.5. The zero-order chi connectivity index (χ0) is 22.1. The first-order chi connectivity index (χ1) is 15.6. The number of rotatable bonds is 4. The Morgan fingerprint density at radius 2 is 1.91 bits per heavy atom. The maximum Gasteiger partial charge on any atom is 0.337 e. The largest absolute Gasteiger partial charge is 0.494 e. The molecule has 0 aliphatic carbocycles. The first-order valence-electron chi connectivity index (χ1n) is 9.92. The van der Waals surface area contributed by atoms with Crippen molar-refractivity contribution in [1.82, 2.24) is 9.97 Å². The van der Waals surface area contributed by atoms with Gasteiger partial charge in [-0.3, -0.25) is 0 Å². The molecular formula is C25H18N4O3. The lowest BCUT2D eigenvalue weighted by Crippen LogP contribution is -2.08. The first-order valence-corrected chi connectivity index (χ1v) is 9.92. The molecule has 0 radical (unpaired) electrons. The van der Waals surface area contributed by atoms with E-state index >= 15 is 0 Å². The number of carbonyl (C=O) groups is 1. The Hall–Kier alpha value is -4.52. The van der Waals surface area contributed by atoms with E-state index in [0.29, 0.717) is 16.8 Å². The van der Waals surface area contributed by atoms with Crippen LogP contribution in [0.2, 0.25) is 0 Å². The van der Waals surface area contributed by atoms with E-state index in [1.807, 2.05) is 60.7 Å². The zero-order valence-corrected chi connectivity index (χ0v) is 17.1. The number of fused-ring (bicyclic) bond motifs is 2. The van der Waals surface area contributed by atoms with Gasteiger partial charge in [-0.15, -0.1) is 10.2 Å². The Morgan fingerprint density at radius 1 is 1.06 bits per heavy atom. The van der Waals surface area contributed by atoms with Crippen LogP contribution in [0.1, 0.15) is 21.5 Å². The minimum Gasteiger partial charge on any atom is -0.494 e. The van der Waals surface area contributed by atoms with Crippen molar-refractivity contribution in [2.45, 2.75) is 0 Å². The van der Waals surface area contributed by atoms with Crippen molar-refractivity contribution in [2.75, 3.05) is 7.11 Å². The molecule has 4 aromatic rings. The van der Waals surface area contributed by atoms with E-state index in [1.165, 1.54) is 7.11 Å². The number of carbonyl (C=O) groups excluding carboxylic acids is 1. The van der Waals surface area contributed by atoms with Gasteiger partial charge in [0.1, 0.15) is 5.65 Å². The molecule has 156 valence electrons. The fourth-order valence-corrected chi connectivity index (χ4v) is 3.59. The highest BCUT2D eigenvalue weighted by atomic mass is 16.5. The van der Waals surface area contributed by atoms with Gasteiger partial charge in [-0.05, 0) is 59.3 Å². The van der Waals surface area contributed by atoms with Crippen LogP contribution >= 0.6 is 0 Å². The molecule has 7 heteroatoms. The standard InChI is InChI=1S/C25H18N4O3/c1-32-25(31)17-8-4-15(5-9-17)7-11-21-19-10-6-16(14-22(19)29-28-21)13-20-18-3-2-12-26-23(18)27-24(20)30/h2-14,30H,1H3,(H,26,27). The highest BCUT2D eigenvalue weighted by Gasteiger charge is 2.10. The number of H-pyrrole nitrogens is 1. The Kier molecular flexibility index (Phi) is 4.84. The fraction of sp³-hybridized carbons (Fsp3) is 0.0400. The van der Waals surface area contributed by atoms with Crippen molar-refractivity contribution in [3.63, 3.8) is 0 Å². The van der Waals surface area contributed by atoms with Crippen LogP contribution in [0.5, 0.6) is 5.88 Å². The molecule has 7 nitrogen and oxygen atoms in total. The lowest BCUT2D eigenvalue weighted by molar-refractivity contribution is 0.0600. The van der Waals surface area contributed by atoms with Crippen LogP contribution in [-0.4, -0.2) is 28.2 Å². The molecule has 3 heterocycles. The quantitative estimate of drug-likeness (QED) is 0.489. The molecule has 1 aliphatic heterocycles. The average molecular weight is 422 g/mol. The number of hydrogen-bond acceptors (Lipinski definition) is 6. The number of nitrogens with zero attached hydrogens (tertiary/aromatic N) is 3. The summed E-state index contributed by atoms with van der Waals surface area (Å²) < 4.78 is 4.72. The molecule has 0 fully saturated rings. The molecular weight excluding hydrogens is 404 g/mol. The van der Waals surface area contributed by atoms with Gasteiger partial charge in [0.2, 0.25) is 0 Å². The van der Waals surface area contributed by atoms with Gasteiger partial charge in [0.25, 0.3) is 0 Å².